The van der Waals surface area contributed by atoms with E-state index in [4.69, 9.17) is 9.47 Å². The fourth-order valence-electron chi connectivity index (χ4n) is 1.46. The lowest BCUT2D eigenvalue weighted by molar-refractivity contribution is -0.158. The first-order valence-electron chi connectivity index (χ1n) is 6.33. The lowest BCUT2D eigenvalue weighted by Gasteiger charge is -2.19. The maximum Gasteiger partial charge on any atom is 0.336 e. The van der Waals surface area contributed by atoms with Gasteiger partial charge in [0.25, 0.3) is 0 Å². The molecule has 0 spiro atoms. The lowest BCUT2D eigenvalue weighted by Crippen LogP contribution is -2.39. The van der Waals surface area contributed by atoms with Crippen molar-refractivity contribution in [3.8, 4) is 0 Å². The molecule has 0 saturated carbocycles. The predicted octanol–water partition coefficient (Wildman–Crippen LogP) is 1.63. The van der Waals surface area contributed by atoms with Crippen molar-refractivity contribution in [2.24, 2.45) is 0 Å². The second-order valence-corrected chi connectivity index (χ2v) is 5.02. The number of rotatable bonds is 7. The normalized spacial score (nSPS) is 13.3. The number of aliphatic hydroxyl groups is 1. The molecule has 0 radical (unpaired) electrons. The van der Waals surface area contributed by atoms with Gasteiger partial charge in [-0.15, -0.1) is 11.8 Å². The van der Waals surface area contributed by atoms with Crippen LogP contribution in [-0.2, 0) is 19.1 Å². The van der Waals surface area contributed by atoms with E-state index in [-0.39, 0.29) is 13.2 Å². The Labute approximate surface area is 122 Å². The summed E-state index contributed by atoms with van der Waals surface area (Å²) in [4.78, 5) is 24.2. The highest BCUT2D eigenvalue weighted by Gasteiger charge is 2.35. The quantitative estimate of drug-likeness (QED) is 0.609. The van der Waals surface area contributed by atoms with Crippen LogP contribution in [0.3, 0.4) is 0 Å². The number of hydrogen-bond acceptors (Lipinski definition) is 6. The molecule has 0 fully saturated rings. The first kappa shape index (κ1) is 16.5. The average molecular weight is 298 g/mol. The molecular weight excluding hydrogens is 280 g/mol. The van der Waals surface area contributed by atoms with Crippen LogP contribution < -0.4 is 0 Å². The summed E-state index contributed by atoms with van der Waals surface area (Å²) in [5.74, 6) is -1.46. The molecule has 0 aromatic heterocycles. The van der Waals surface area contributed by atoms with Crippen LogP contribution in [0.15, 0.2) is 35.2 Å². The molecule has 0 unspecified atom stereocenters. The standard InChI is InChI=1S/C14H18O5S/c1-3-18-13(16)11(15)12(14(17)19-4-2)20-10-8-6-5-7-9-10/h5-9,11-12,15H,3-4H2,1-2H3/t11-,12+/m1/s1. The van der Waals surface area contributed by atoms with Gasteiger partial charge in [0.1, 0.15) is 5.25 Å². The SMILES string of the molecule is CCOC(=O)[C@@H](Sc1ccccc1)[C@@H](O)C(=O)OCC. The summed E-state index contributed by atoms with van der Waals surface area (Å²) in [5.41, 5.74) is 0. The third kappa shape index (κ3) is 4.86. The Balaban J connectivity index is 2.84. The van der Waals surface area contributed by atoms with Gasteiger partial charge in [0.15, 0.2) is 6.10 Å². The van der Waals surface area contributed by atoms with E-state index >= 15 is 0 Å². The minimum atomic E-state index is -1.56. The van der Waals surface area contributed by atoms with Crippen LogP contribution in [0.4, 0.5) is 0 Å². The van der Waals surface area contributed by atoms with Crippen molar-refractivity contribution >= 4 is 23.7 Å². The van der Waals surface area contributed by atoms with Gasteiger partial charge in [0.2, 0.25) is 0 Å². The van der Waals surface area contributed by atoms with Crippen molar-refractivity contribution in [1.29, 1.82) is 0 Å². The minimum absolute atomic E-state index is 0.140. The molecule has 0 aliphatic carbocycles. The summed E-state index contributed by atoms with van der Waals surface area (Å²) >= 11 is 1.07. The first-order valence-corrected chi connectivity index (χ1v) is 7.21. The van der Waals surface area contributed by atoms with Crippen molar-refractivity contribution in [3.63, 3.8) is 0 Å². The van der Waals surface area contributed by atoms with Gasteiger partial charge < -0.3 is 14.6 Å². The van der Waals surface area contributed by atoms with Gasteiger partial charge in [-0.2, -0.15) is 0 Å². The highest BCUT2D eigenvalue weighted by atomic mass is 32.2. The molecule has 1 N–H and O–H groups in total. The van der Waals surface area contributed by atoms with E-state index in [0.717, 1.165) is 16.7 Å². The molecule has 0 heterocycles. The van der Waals surface area contributed by atoms with Crippen molar-refractivity contribution < 1.29 is 24.2 Å². The van der Waals surface area contributed by atoms with Crippen molar-refractivity contribution in [1.82, 2.24) is 0 Å². The van der Waals surface area contributed by atoms with Crippen LogP contribution in [0.1, 0.15) is 13.8 Å². The maximum atomic E-state index is 11.9. The van der Waals surface area contributed by atoms with Gasteiger partial charge >= 0.3 is 11.9 Å². The van der Waals surface area contributed by atoms with Crippen molar-refractivity contribution in [2.75, 3.05) is 13.2 Å². The fourth-order valence-corrected chi connectivity index (χ4v) is 2.47. The molecule has 1 aromatic carbocycles. The maximum absolute atomic E-state index is 11.9. The number of carbonyl (C=O) groups is 2. The van der Waals surface area contributed by atoms with Crippen molar-refractivity contribution in [2.45, 2.75) is 30.1 Å². The highest BCUT2D eigenvalue weighted by Crippen LogP contribution is 2.26. The summed E-state index contributed by atoms with van der Waals surface area (Å²) < 4.78 is 9.64. The zero-order valence-electron chi connectivity index (χ0n) is 11.4. The fraction of sp³-hybridized carbons (Fsp3) is 0.429. The molecule has 0 amide bonds. The molecule has 110 valence electrons. The topological polar surface area (TPSA) is 72.8 Å². The number of aliphatic hydroxyl groups excluding tert-OH is 1. The average Bonchev–Trinajstić information content (AvgIpc) is 2.45. The van der Waals surface area contributed by atoms with Gasteiger partial charge in [0, 0.05) is 4.90 Å². The summed E-state index contributed by atoms with van der Waals surface area (Å²) in [6.07, 6.45) is -1.56. The molecule has 0 saturated heterocycles. The third-order valence-corrected chi connectivity index (χ3v) is 3.59. The number of carbonyl (C=O) groups excluding carboxylic acids is 2. The number of thioether (sulfide) groups is 1. The largest absolute Gasteiger partial charge is 0.465 e. The number of hydrogen-bond donors (Lipinski definition) is 1. The molecular formula is C14H18O5S. The van der Waals surface area contributed by atoms with E-state index in [0.29, 0.717) is 0 Å². The van der Waals surface area contributed by atoms with Crippen molar-refractivity contribution in [3.05, 3.63) is 30.3 Å². The first-order chi connectivity index (χ1) is 9.60. The molecule has 1 aromatic rings. The Morgan fingerprint density at radius 2 is 1.65 bits per heavy atom. The number of ether oxygens (including phenoxy) is 2. The van der Waals surface area contributed by atoms with Crippen LogP contribution >= 0.6 is 11.8 Å². The zero-order chi connectivity index (χ0) is 15.0. The zero-order valence-corrected chi connectivity index (χ0v) is 12.3. The van der Waals surface area contributed by atoms with Crippen LogP contribution in [0.5, 0.6) is 0 Å². The van der Waals surface area contributed by atoms with E-state index in [1.54, 1.807) is 38.1 Å². The molecule has 20 heavy (non-hydrogen) atoms. The molecule has 6 heteroatoms. The summed E-state index contributed by atoms with van der Waals surface area (Å²) in [5, 5.41) is 8.93. The van der Waals surface area contributed by atoms with Gasteiger partial charge in [-0.1, -0.05) is 18.2 Å². The smallest absolute Gasteiger partial charge is 0.336 e. The van der Waals surface area contributed by atoms with Crippen LogP contribution in [0.25, 0.3) is 0 Å². The summed E-state index contributed by atoms with van der Waals surface area (Å²) in [7, 11) is 0. The molecule has 0 bridgehead atoms. The Morgan fingerprint density at radius 3 is 2.20 bits per heavy atom. The van der Waals surface area contributed by atoms with Gasteiger partial charge in [-0.25, -0.2) is 4.79 Å². The molecule has 0 aliphatic rings. The summed E-state index contributed by atoms with van der Waals surface area (Å²) in [6.45, 7) is 3.62. The molecule has 0 aliphatic heterocycles. The number of esters is 2. The number of benzene rings is 1. The van der Waals surface area contributed by atoms with Crippen LogP contribution in [-0.4, -0.2) is 41.6 Å². The van der Waals surface area contributed by atoms with E-state index in [2.05, 4.69) is 0 Å². The minimum Gasteiger partial charge on any atom is -0.465 e. The monoisotopic (exact) mass is 298 g/mol. The Bertz CT molecular complexity index is 434. The Hall–Kier alpha value is -1.53. The lowest BCUT2D eigenvalue weighted by atomic mass is 10.2. The third-order valence-electron chi connectivity index (χ3n) is 2.34. The molecule has 1 rings (SSSR count). The van der Waals surface area contributed by atoms with Crippen LogP contribution in [0, 0.1) is 0 Å². The summed E-state index contributed by atoms with van der Waals surface area (Å²) in [6, 6.07) is 9.03. The van der Waals surface area contributed by atoms with Gasteiger partial charge in [-0.3, -0.25) is 4.79 Å². The highest BCUT2D eigenvalue weighted by molar-refractivity contribution is 8.00. The molecule has 5 nitrogen and oxygen atoms in total. The van der Waals surface area contributed by atoms with Gasteiger partial charge in [-0.05, 0) is 26.0 Å². The van der Waals surface area contributed by atoms with Gasteiger partial charge in [0.05, 0.1) is 13.2 Å². The molecule has 2 atom stereocenters. The second kappa shape index (κ2) is 8.60. The van der Waals surface area contributed by atoms with Crippen LogP contribution in [0.2, 0.25) is 0 Å². The van der Waals surface area contributed by atoms with E-state index in [1.807, 2.05) is 6.07 Å². The van der Waals surface area contributed by atoms with E-state index in [9.17, 15) is 14.7 Å². The second-order valence-electron chi connectivity index (χ2n) is 3.80. The predicted molar refractivity (Wildman–Crippen MR) is 75.4 cm³/mol. The van der Waals surface area contributed by atoms with E-state index < -0.39 is 23.3 Å². The Morgan fingerprint density at radius 1 is 1.10 bits per heavy atom. The Kier molecular flexibility index (Phi) is 7.11. The van der Waals surface area contributed by atoms with E-state index in [1.165, 1.54) is 0 Å².